The zero-order chi connectivity index (χ0) is 13.7. The van der Waals surface area contributed by atoms with Crippen molar-refractivity contribution in [3.8, 4) is 5.75 Å². The van der Waals surface area contributed by atoms with Gasteiger partial charge < -0.3 is 9.47 Å². The maximum Gasteiger partial charge on any atom is 0.337 e. The molecule has 0 amide bonds. The molecule has 2 rings (SSSR count). The van der Waals surface area contributed by atoms with Gasteiger partial charge in [0.15, 0.2) is 0 Å². The summed E-state index contributed by atoms with van der Waals surface area (Å²) in [6.45, 7) is 0. The predicted octanol–water partition coefficient (Wildman–Crippen LogP) is 2.73. The summed E-state index contributed by atoms with van der Waals surface area (Å²) >= 11 is 0. The summed E-state index contributed by atoms with van der Waals surface area (Å²) in [5.41, 5.74) is 0.433. The van der Waals surface area contributed by atoms with E-state index in [4.69, 9.17) is 4.74 Å². The molecule has 0 heterocycles. The van der Waals surface area contributed by atoms with Crippen LogP contribution in [0, 0.1) is 5.92 Å². The highest BCUT2D eigenvalue weighted by Gasteiger charge is 2.20. The third kappa shape index (κ3) is 3.44. The average Bonchev–Trinajstić information content (AvgIpc) is 2.48. The van der Waals surface area contributed by atoms with E-state index in [0.717, 1.165) is 19.3 Å². The maximum atomic E-state index is 11.9. The highest BCUT2D eigenvalue weighted by molar-refractivity contribution is 5.89. The summed E-state index contributed by atoms with van der Waals surface area (Å²) in [4.78, 5) is 23.2. The first-order valence-corrected chi connectivity index (χ1v) is 6.26. The summed E-state index contributed by atoms with van der Waals surface area (Å²) in [7, 11) is 1.33. The Kier molecular flexibility index (Phi) is 4.34. The van der Waals surface area contributed by atoms with Gasteiger partial charge in [0.1, 0.15) is 5.75 Å². The minimum Gasteiger partial charge on any atom is -0.465 e. The van der Waals surface area contributed by atoms with Crippen LogP contribution in [0.4, 0.5) is 0 Å². The van der Waals surface area contributed by atoms with Gasteiger partial charge in [0.2, 0.25) is 0 Å². The molecule has 1 unspecified atom stereocenters. The third-order valence-electron chi connectivity index (χ3n) is 3.10. The van der Waals surface area contributed by atoms with Crippen LogP contribution in [-0.2, 0) is 9.53 Å². The number of rotatable bonds is 3. The molecule has 19 heavy (non-hydrogen) atoms. The molecule has 0 saturated heterocycles. The Hall–Kier alpha value is -2.10. The van der Waals surface area contributed by atoms with Gasteiger partial charge in [-0.25, -0.2) is 4.79 Å². The van der Waals surface area contributed by atoms with Crippen LogP contribution < -0.4 is 4.74 Å². The molecule has 0 spiro atoms. The second-order valence-corrected chi connectivity index (χ2v) is 4.42. The molecule has 1 aromatic carbocycles. The van der Waals surface area contributed by atoms with Crippen molar-refractivity contribution in [2.75, 3.05) is 7.11 Å². The van der Waals surface area contributed by atoms with E-state index in [1.807, 2.05) is 6.08 Å². The highest BCUT2D eigenvalue weighted by Crippen LogP contribution is 2.21. The average molecular weight is 260 g/mol. The second kappa shape index (κ2) is 6.18. The molecular formula is C15H16O4. The van der Waals surface area contributed by atoms with Crippen molar-refractivity contribution in [3.05, 3.63) is 42.0 Å². The van der Waals surface area contributed by atoms with Crippen molar-refractivity contribution in [1.82, 2.24) is 0 Å². The minimum atomic E-state index is -0.407. The van der Waals surface area contributed by atoms with E-state index in [2.05, 4.69) is 10.8 Å². The lowest BCUT2D eigenvalue weighted by molar-refractivity contribution is -0.139. The number of ether oxygens (including phenoxy) is 2. The largest absolute Gasteiger partial charge is 0.465 e. The van der Waals surface area contributed by atoms with Crippen LogP contribution in [-0.4, -0.2) is 19.0 Å². The molecule has 0 fully saturated rings. The summed E-state index contributed by atoms with van der Waals surface area (Å²) in [5.74, 6) is -0.233. The maximum absolute atomic E-state index is 11.9. The molecule has 0 aliphatic heterocycles. The first kappa shape index (κ1) is 13.3. The Morgan fingerprint density at radius 1 is 1.16 bits per heavy atom. The molecule has 0 aromatic heterocycles. The first-order valence-electron chi connectivity index (χ1n) is 6.26. The lowest BCUT2D eigenvalue weighted by Gasteiger charge is -2.16. The molecule has 0 bridgehead atoms. The first-order chi connectivity index (χ1) is 9.20. The zero-order valence-corrected chi connectivity index (χ0v) is 10.8. The van der Waals surface area contributed by atoms with Crippen molar-refractivity contribution >= 4 is 11.9 Å². The summed E-state index contributed by atoms with van der Waals surface area (Å²) in [6.07, 6.45) is 6.57. The van der Waals surface area contributed by atoms with E-state index >= 15 is 0 Å². The Bertz CT molecular complexity index is 487. The standard InChI is InChI=1S/C15H16O4/c1-18-14(16)12-7-9-13(10-8-12)19-15(17)11-5-3-2-4-6-11/h2-3,7-11H,4-6H2,1H3. The van der Waals surface area contributed by atoms with Gasteiger partial charge in [-0.15, -0.1) is 0 Å². The number of hydrogen-bond donors (Lipinski definition) is 0. The number of carbonyl (C=O) groups excluding carboxylic acids is 2. The summed E-state index contributed by atoms with van der Waals surface area (Å²) in [5, 5.41) is 0. The van der Waals surface area contributed by atoms with Crippen LogP contribution in [0.2, 0.25) is 0 Å². The van der Waals surface area contributed by atoms with Crippen LogP contribution in [0.25, 0.3) is 0 Å². The van der Waals surface area contributed by atoms with Crippen molar-refractivity contribution in [2.45, 2.75) is 19.3 Å². The van der Waals surface area contributed by atoms with Crippen molar-refractivity contribution in [3.63, 3.8) is 0 Å². The topological polar surface area (TPSA) is 52.6 Å². The van der Waals surface area contributed by atoms with Crippen LogP contribution in [0.3, 0.4) is 0 Å². The van der Waals surface area contributed by atoms with Crippen LogP contribution in [0.5, 0.6) is 5.75 Å². The summed E-state index contributed by atoms with van der Waals surface area (Å²) in [6, 6.07) is 6.36. The Labute approximate surface area is 112 Å². The van der Waals surface area contributed by atoms with Crippen molar-refractivity contribution < 1.29 is 19.1 Å². The number of methoxy groups -OCH3 is 1. The van der Waals surface area contributed by atoms with Gasteiger partial charge in [-0.1, -0.05) is 12.2 Å². The van der Waals surface area contributed by atoms with Crippen LogP contribution in [0.15, 0.2) is 36.4 Å². The monoisotopic (exact) mass is 260 g/mol. The highest BCUT2D eigenvalue weighted by atomic mass is 16.5. The van der Waals surface area contributed by atoms with Gasteiger partial charge in [-0.2, -0.15) is 0 Å². The fraction of sp³-hybridized carbons (Fsp3) is 0.333. The van der Waals surface area contributed by atoms with E-state index < -0.39 is 5.97 Å². The zero-order valence-electron chi connectivity index (χ0n) is 10.8. The van der Waals surface area contributed by atoms with E-state index in [0.29, 0.717) is 11.3 Å². The second-order valence-electron chi connectivity index (χ2n) is 4.42. The number of allylic oxidation sites excluding steroid dienone is 2. The SMILES string of the molecule is COC(=O)c1ccc(OC(=O)C2CC=CCC2)cc1. The molecule has 100 valence electrons. The Morgan fingerprint density at radius 2 is 1.89 bits per heavy atom. The fourth-order valence-electron chi connectivity index (χ4n) is 1.98. The Morgan fingerprint density at radius 3 is 2.47 bits per heavy atom. The normalized spacial score (nSPS) is 17.8. The van der Waals surface area contributed by atoms with Gasteiger partial charge in [0.05, 0.1) is 18.6 Å². The smallest absolute Gasteiger partial charge is 0.337 e. The molecule has 1 atom stereocenters. The van der Waals surface area contributed by atoms with Gasteiger partial charge in [0.25, 0.3) is 0 Å². The number of esters is 2. The Balaban J connectivity index is 1.97. The number of hydrogen-bond acceptors (Lipinski definition) is 4. The molecule has 0 saturated carbocycles. The lowest BCUT2D eigenvalue weighted by atomic mass is 9.95. The van der Waals surface area contributed by atoms with Gasteiger partial charge in [0, 0.05) is 0 Å². The molecule has 1 aliphatic rings. The minimum absolute atomic E-state index is 0.0646. The van der Waals surface area contributed by atoms with Crippen LogP contribution >= 0.6 is 0 Å². The van der Waals surface area contributed by atoms with E-state index in [9.17, 15) is 9.59 Å². The molecule has 0 radical (unpaired) electrons. The van der Waals surface area contributed by atoms with Gasteiger partial charge in [-0.05, 0) is 43.5 Å². The van der Waals surface area contributed by atoms with Crippen molar-refractivity contribution in [1.29, 1.82) is 0 Å². The number of benzene rings is 1. The van der Waals surface area contributed by atoms with E-state index in [1.54, 1.807) is 24.3 Å². The summed E-state index contributed by atoms with van der Waals surface area (Å²) < 4.78 is 9.90. The van der Waals surface area contributed by atoms with Crippen LogP contribution in [0.1, 0.15) is 29.6 Å². The fourth-order valence-corrected chi connectivity index (χ4v) is 1.98. The lowest BCUT2D eigenvalue weighted by Crippen LogP contribution is -2.21. The molecular weight excluding hydrogens is 244 g/mol. The molecule has 0 N–H and O–H groups in total. The predicted molar refractivity (Wildman–Crippen MR) is 69.9 cm³/mol. The van der Waals surface area contributed by atoms with Crippen molar-refractivity contribution in [2.24, 2.45) is 5.92 Å². The third-order valence-corrected chi connectivity index (χ3v) is 3.10. The van der Waals surface area contributed by atoms with Gasteiger partial charge >= 0.3 is 11.9 Å². The molecule has 4 heteroatoms. The van der Waals surface area contributed by atoms with E-state index in [-0.39, 0.29) is 11.9 Å². The van der Waals surface area contributed by atoms with Gasteiger partial charge in [-0.3, -0.25) is 4.79 Å². The molecule has 1 aromatic rings. The molecule has 4 nitrogen and oxygen atoms in total. The van der Waals surface area contributed by atoms with E-state index in [1.165, 1.54) is 7.11 Å². The quantitative estimate of drug-likeness (QED) is 0.476. The molecule has 1 aliphatic carbocycles. The number of carbonyl (C=O) groups is 2.